The van der Waals surface area contributed by atoms with Crippen LogP contribution in [0.4, 0.5) is 4.79 Å². The number of thiophene rings is 1. The van der Waals surface area contributed by atoms with Gasteiger partial charge < -0.3 is 4.74 Å². The van der Waals surface area contributed by atoms with Crippen LogP contribution in [-0.4, -0.2) is 31.9 Å². The molecule has 0 aliphatic carbocycles. The molecular formula is C9H11NO4S2. The van der Waals surface area contributed by atoms with Crippen LogP contribution in [-0.2, 0) is 14.6 Å². The van der Waals surface area contributed by atoms with E-state index in [0.29, 0.717) is 4.21 Å². The van der Waals surface area contributed by atoms with Gasteiger partial charge in [-0.05, 0) is 12.1 Å². The van der Waals surface area contributed by atoms with Gasteiger partial charge in [0.1, 0.15) is 22.7 Å². The van der Waals surface area contributed by atoms with Crippen LogP contribution in [0.5, 0.6) is 0 Å². The molecule has 2 bridgehead atoms. The highest BCUT2D eigenvalue weighted by Crippen LogP contribution is 2.38. The van der Waals surface area contributed by atoms with Crippen molar-refractivity contribution in [3.8, 4) is 0 Å². The summed E-state index contributed by atoms with van der Waals surface area (Å²) < 4.78 is 28.7. The van der Waals surface area contributed by atoms with Crippen LogP contribution < -0.4 is 0 Å². The van der Waals surface area contributed by atoms with Crippen molar-refractivity contribution in [3.63, 3.8) is 0 Å². The van der Waals surface area contributed by atoms with Crippen molar-refractivity contribution in [1.82, 2.24) is 4.90 Å². The zero-order valence-corrected chi connectivity index (χ0v) is 9.18. The zero-order chi connectivity index (χ0) is 10.6. The van der Waals surface area contributed by atoms with Gasteiger partial charge in [-0.3, -0.25) is 4.90 Å². The molecule has 1 amide bonds. The van der Waals surface area contributed by atoms with E-state index in [4.69, 9.17) is 4.74 Å². The molecule has 2 aliphatic rings. The standard InChI is InChI=1S/C8H7NO4S2.CH4/c10-8-9-4-15(11,12)7-2-1-6(14-7)5(9)3-13-8;/h1-2,5H,3-4H2;1H4. The number of carbonyl (C=O) groups excluding carboxylic acids is 1. The van der Waals surface area contributed by atoms with E-state index < -0.39 is 15.9 Å². The number of fused-ring (bicyclic) bond motifs is 4. The lowest BCUT2D eigenvalue weighted by Gasteiger charge is -2.17. The molecule has 16 heavy (non-hydrogen) atoms. The van der Waals surface area contributed by atoms with E-state index in [9.17, 15) is 13.2 Å². The SMILES string of the molecule is C.O=C1OCC2c3ccc(s3)S(=O)(=O)CN12. The Labute approximate surface area is 97.6 Å². The molecule has 3 rings (SSSR count). The molecule has 88 valence electrons. The quantitative estimate of drug-likeness (QED) is 0.712. The van der Waals surface area contributed by atoms with E-state index in [-0.39, 0.29) is 26.0 Å². The third kappa shape index (κ3) is 1.42. The number of ether oxygens (including phenoxy) is 1. The maximum atomic E-state index is 11.8. The van der Waals surface area contributed by atoms with Gasteiger partial charge in [0.25, 0.3) is 0 Å². The largest absolute Gasteiger partial charge is 0.447 e. The van der Waals surface area contributed by atoms with Crippen molar-refractivity contribution in [2.24, 2.45) is 0 Å². The van der Waals surface area contributed by atoms with Gasteiger partial charge in [-0.1, -0.05) is 7.43 Å². The highest BCUT2D eigenvalue weighted by Gasteiger charge is 2.41. The maximum absolute atomic E-state index is 11.8. The normalized spacial score (nSPS) is 25.4. The summed E-state index contributed by atoms with van der Waals surface area (Å²) in [5.74, 6) is -0.271. The van der Waals surface area contributed by atoms with Gasteiger partial charge in [0, 0.05) is 4.88 Å². The minimum Gasteiger partial charge on any atom is -0.447 e. The highest BCUT2D eigenvalue weighted by atomic mass is 32.2. The van der Waals surface area contributed by atoms with E-state index >= 15 is 0 Å². The number of sulfone groups is 1. The molecule has 0 radical (unpaired) electrons. The third-order valence-electron chi connectivity index (χ3n) is 2.52. The minimum atomic E-state index is -3.36. The summed E-state index contributed by atoms with van der Waals surface area (Å²) >= 11 is 1.22. The van der Waals surface area contributed by atoms with Gasteiger partial charge >= 0.3 is 6.09 Å². The lowest BCUT2D eigenvalue weighted by Crippen LogP contribution is -2.31. The number of rotatable bonds is 0. The molecule has 1 saturated heterocycles. The smallest absolute Gasteiger partial charge is 0.411 e. The van der Waals surface area contributed by atoms with Crippen molar-refractivity contribution in [2.75, 3.05) is 12.5 Å². The van der Waals surface area contributed by atoms with E-state index in [1.807, 2.05) is 0 Å². The second-order valence-corrected chi connectivity index (χ2v) is 6.76. The van der Waals surface area contributed by atoms with Gasteiger partial charge in [-0.15, -0.1) is 11.3 Å². The van der Waals surface area contributed by atoms with Crippen LogP contribution >= 0.6 is 11.3 Å². The predicted octanol–water partition coefficient (Wildman–Crippen LogP) is 1.62. The molecule has 1 atom stereocenters. The predicted molar refractivity (Wildman–Crippen MR) is 59.0 cm³/mol. The Kier molecular flexibility index (Phi) is 2.47. The Balaban J connectivity index is 0.000000963. The summed E-state index contributed by atoms with van der Waals surface area (Å²) in [6.07, 6.45) is -0.543. The number of hydrogen-bond donors (Lipinski definition) is 0. The fourth-order valence-electron chi connectivity index (χ4n) is 1.76. The van der Waals surface area contributed by atoms with Crippen molar-refractivity contribution in [3.05, 3.63) is 17.0 Å². The van der Waals surface area contributed by atoms with Crippen molar-refractivity contribution in [2.45, 2.75) is 17.7 Å². The topological polar surface area (TPSA) is 63.7 Å². The third-order valence-corrected chi connectivity index (χ3v) is 5.88. The first-order chi connectivity index (χ1) is 7.08. The van der Waals surface area contributed by atoms with Crippen LogP contribution in [0.2, 0.25) is 0 Å². The first-order valence-corrected chi connectivity index (χ1v) is 6.81. The molecular weight excluding hydrogens is 250 g/mol. The summed E-state index contributed by atoms with van der Waals surface area (Å²) in [6, 6.07) is 3.11. The molecule has 2 aliphatic heterocycles. The summed E-state index contributed by atoms with van der Waals surface area (Å²) in [5, 5.41) is 0. The summed E-state index contributed by atoms with van der Waals surface area (Å²) in [7, 11) is -3.36. The molecule has 1 aromatic rings. The van der Waals surface area contributed by atoms with E-state index in [1.54, 1.807) is 12.1 Å². The molecule has 0 N–H and O–H groups in total. The molecule has 0 spiro atoms. The summed E-state index contributed by atoms with van der Waals surface area (Å²) in [5.41, 5.74) is 0. The fourth-order valence-corrected chi connectivity index (χ4v) is 4.60. The maximum Gasteiger partial charge on any atom is 0.411 e. The van der Waals surface area contributed by atoms with Crippen molar-refractivity contribution < 1.29 is 17.9 Å². The lowest BCUT2D eigenvalue weighted by molar-refractivity contribution is 0.161. The van der Waals surface area contributed by atoms with E-state index in [2.05, 4.69) is 0 Å². The molecule has 1 fully saturated rings. The average Bonchev–Trinajstić information content (AvgIpc) is 2.71. The van der Waals surface area contributed by atoms with Crippen LogP contribution in [0.15, 0.2) is 16.3 Å². The molecule has 0 aromatic carbocycles. The van der Waals surface area contributed by atoms with Gasteiger partial charge in [0.15, 0.2) is 0 Å². The van der Waals surface area contributed by atoms with Gasteiger partial charge in [-0.25, -0.2) is 13.2 Å². The number of nitrogens with zero attached hydrogens (tertiary/aromatic N) is 1. The number of amides is 1. The van der Waals surface area contributed by atoms with Crippen LogP contribution in [0.3, 0.4) is 0 Å². The molecule has 3 heterocycles. The average molecular weight is 261 g/mol. The number of carbonyl (C=O) groups is 1. The Morgan fingerprint density at radius 2 is 2.19 bits per heavy atom. The number of hydrogen-bond acceptors (Lipinski definition) is 5. The van der Waals surface area contributed by atoms with Gasteiger partial charge in [0.2, 0.25) is 9.84 Å². The lowest BCUT2D eigenvalue weighted by atomic mass is 10.2. The van der Waals surface area contributed by atoms with Crippen LogP contribution in [0, 0.1) is 0 Å². The number of cyclic esters (lactones) is 1. The molecule has 7 heteroatoms. The molecule has 1 unspecified atom stereocenters. The molecule has 5 nitrogen and oxygen atoms in total. The minimum absolute atomic E-state index is 0. The zero-order valence-electron chi connectivity index (χ0n) is 7.54. The Morgan fingerprint density at radius 3 is 2.94 bits per heavy atom. The van der Waals surface area contributed by atoms with Crippen LogP contribution in [0.25, 0.3) is 0 Å². The van der Waals surface area contributed by atoms with E-state index in [1.165, 1.54) is 16.2 Å². The Hall–Kier alpha value is -1.08. The molecule has 0 saturated carbocycles. The monoisotopic (exact) mass is 261 g/mol. The highest BCUT2D eigenvalue weighted by molar-refractivity contribution is 7.93. The fraction of sp³-hybridized carbons (Fsp3) is 0.444. The summed E-state index contributed by atoms with van der Waals surface area (Å²) in [6.45, 7) is 0.244. The summed E-state index contributed by atoms with van der Waals surface area (Å²) in [4.78, 5) is 13.5. The Bertz CT molecular complexity index is 533. The Morgan fingerprint density at radius 1 is 1.44 bits per heavy atom. The van der Waals surface area contributed by atoms with Crippen molar-refractivity contribution >= 4 is 27.3 Å². The second kappa shape index (κ2) is 3.46. The first kappa shape index (κ1) is 11.4. The van der Waals surface area contributed by atoms with Gasteiger partial charge in [0.05, 0.1) is 0 Å². The van der Waals surface area contributed by atoms with E-state index in [0.717, 1.165) is 4.88 Å². The first-order valence-electron chi connectivity index (χ1n) is 4.34. The second-order valence-electron chi connectivity index (χ2n) is 3.46. The molecule has 1 aromatic heterocycles. The van der Waals surface area contributed by atoms with Crippen LogP contribution in [0.1, 0.15) is 18.3 Å². The van der Waals surface area contributed by atoms with Crippen molar-refractivity contribution in [1.29, 1.82) is 0 Å². The van der Waals surface area contributed by atoms with Gasteiger partial charge in [-0.2, -0.15) is 0 Å².